The molecule has 0 aromatic heterocycles. The maximum atomic E-state index is 13.3. The summed E-state index contributed by atoms with van der Waals surface area (Å²) in [5.74, 6) is -1.08. The maximum absolute atomic E-state index is 13.3. The molecule has 0 unspecified atom stereocenters. The Balaban J connectivity index is 2.33. The Bertz CT molecular complexity index is 686. The van der Waals surface area contributed by atoms with Gasteiger partial charge in [0.05, 0.1) is 10.6 Å². The predicted molar refractivity (Wildman–Crippen MR) is 79.7 cm³/mol. The minimum Gasteiger partial charge on any atom is -0.399 e. The van der Waals surface area contributed by atoms with Crippen molar-refractivity contribution in [2.75, 3.05) is 11.1 Å². The predicted octanol–water partition coefficient (Wildman–Crippen LogP) is 3.93. The van der Waals surface area contributed by atoms with Gasteiger partial charge in [-0.15, -0.1) is 0 Å². The minimum absolute atomic E-state index is 0.0977. The minimum atomic E-state index is -0.621. The van der Waals surface area contributed by atoms with E-state index in [9.17, 15) is 9.18 Å². The first kappa shape index (κ1) is 14.3. The number of nitrogen functional groups attached to an aromatic ring is 1. The van der Waals surface area contributed by atoms with Crippen LogP contribution >= 0.6 is 11.6 Å². The molecule has 2 aromatic carbocycles. The Kier molecular flexibility index (Phi) is 3.95. The van der Waals surface area contributed by atoms with Crippen molar-refractivity contribution < 1.29 is 9.18 Å². The second-order valence-corrected chi connectivity index (χ2v) is 4.96. The standard InChI is InChI=1S/C15H14ClFN2O/c1-8-7-13(9(2)6-12(8)18)19-15(20)10-4-3-5-11(17)14(10)16/h3-7H,18H2,1-2H3,(H,19,20). The number of hydrogen-bond donors (Lipinski definition) is 2. The van der Waals surface area contributed by atoms with Gasteiger partial charge in [-0.2, -0.15) is 0 Å². The summed E-state index contributed by atoms with van der Waals surface area (Å²) in [5.41, 5.74) is 8.86. The number of nitrogens with one attached hydrogen (secondary N) is 1. The Morgan fingerprint density at radius 1 is 1.25 bits per heavy atom. The van der Waals surface area contributed by atoms with Crippen LogP contribution in [-0.2, 0) is 0 Å². The van der Waals surface area contributed by atoms with Gasteiger partial charge in [-0.05, 0) is 49.2 Å². The van der Waals surface area contributed by atoms with E-state index in [0.29, 0.717) is 11.4 Å². The smallest absolute Gasteiger partial charge is 0.257 e. The fraction of sp³-hybridized carbons (Fsp3) is 0.133. The molecule has 5 heteroatoms. The largest absolute Gasteiger partial charge is 0.399 e. The Morgan fingerprint density at radius 2 is 1.95 bits per heavy atom. The summed E-state index contributed by atoms with van der Waals surface area (Å²) in [6.45, 7) is 3.68. The van der Waals surface area contributed by atoms with Crippen molar-refractivity contribution in [1.29, 1.82) is 0 Å². The number of carbonyl (C=O) groups excluding carboxylic acids is 1. The average Bonchev–Trinajstić information content (AvgIpc) is 2.39. The van der Waals surface area contributed by atoms with Crippen LogP contribution in [0.15, 0.2) is 30.3 Å². The van der Waals surface area contributed by atoms with Crippen LogP contribution in [-0.4, -0.2) is 5.91 Å². The molecule has 1 amide bonds. The fourth-order valence-corrected chi connectivity index (χ4v) is 2.05. The van der Waals surface area contributed by atoms with Gasteiger partial charge in [-0.25, -0.2) is 4.39 Å². The number of halogens is 2. The van der Waals surface area contributed by atoms with Crippen molar-refractivity contribution >= 4 is 28.9 Å². The van der Waals surface area contributed by atoms with Gasteiger partial charge in [-0.3, -0.25) is 4.79 Å². The van der Waals surface area contributed by atoms with E-state index in [1.165, 1.54) is 18.2 Å². The first-order valence-corrected chi connectivity index (χ1v) is 6.40. The summed E-state index contributed by atoms with van der Waals surface area (Å²) >= 11 is 5.79. The lowest BCUT2D eigenvalue weighted by molar-refractivity contribution is 0.102. The van der Waals surface area contributed by atoms with E-state index in [2.05, 4.69) is 5.32 Å². The third-order valence-corrected chi connectivity index (χ3v) is 3.44. The molecule has 0 radical (unpaired) electrons. The molecule has 0 saturated heterocycles. The van der Waals surface area contributed by atoms with E-state index in [0.717, 1.165) is 11.1 Å². The normalized spacial score (nSPS) is 10.4. The second kappa shape index (κ2) is 5.51. The monoisotopic (exact) mass is 292 g/mol. The molecule has 0 aliphatic carbocycles. The number of hydrogen-bond acceptors (Lipinski definition) is 2. The van der Waals surface area contributed by atoms with Gasteiger partial charge in [0, 0.05) is 11.4 Å². The van der Waals surface area contributed by atoms with Crippen LogP contribution < -0.4 is 11.1 Å². The average molecular weight is 293 g/mol. The molecular formula is C15H14ClFN2O. The molecule has 3 nitrogen and oxygen atoms in total. The van der Waals surface area contributed by atoms with Crippen LogP contribution in [0.3, 0.4) is 0 Å². The van der Waals surface area contributed by atoms with E-state index >= 15 is 0 Å². The van der Waals surface area contributed by atoms with Gasteiger partial charge >= 0.3 is 0 Å². The summed E-state index contributed by atoms with van der Waals surface area (Å²) in [7, 11) is 0. The fourth-order valence-electron chi connectivity index (χ4n) is 1.84. The van der Waals surface area contributed by atoms with Crippen LogP contribution in [0.2, 0.25) is 5.02 Å². The molecule has 2 rings (SSSR count). The summed E-state index contributed by atoms with van der Waals surface area (Å²) < 4.78 is 13.3. The van der Waals surface area contributed by atoms with E-state index < -0.39 is 11.7 Å². The summed E-state index contributed by atoms with van der Waals surface area (Å²) in [4.78, 5) is 12.1. The first-order chi connectivity index (χ1) is 9.40. The highest BCUT2D eigenvalue weighted by Gasteiger charge is 2.14. The SMILES string of the molecule is Cc1cc(NC(=O)c2cccc(F)c2Cl)c(C)cc1N. The van der Waals surface area contributed by atoms with Crippen LogP contribution in [0, 0.1) is 19.7 Å². The molecule has 0 saturated carbocycles. The van der Waals surface area contributed by atoms with Crippen molar-refractivity contribution in [2.45, 2.75) is 13.8 Å². The molecule has 0 bridgehead atoms. The molecule has 0 heterocycles. The molecule has 2 aromatic rings. The molecule has 0 aliphatic heterocycles. The van der Waals surface area contributed by atoms with Gasteiger partial charge < -0.3 is 11.1 Å². The van der Waals surface area contributed by atoms with Crippen LogP contribution in [0.25, 0.3) is 0 Å². The summed E-state index contributed by atoms with van der Waals surface area (Å²) in [6.07, 6.45) is 0. The number of nitrogens with two attached hydrogens (primary N) is 1. The van der Waals surface area contributed by atoms with Crippen molar-refractivity contribution in [3.63, 3.8) is 0 Å². The molecule has 0 atom stereocenters. The first-order valence-electron chi connectivity index (χ1n) is 6.02. The lowest BCUT2D eigenvalue weighted by atomic mass is 10.1. The molecule has 104 valence electrons. The molecule has 0 aliphatic rings. The number of rotatable bonds is 2. The topological polar surface area (TPSA) is 55.1 Å². The van der Waals surface area contributed by atoms with Crippen LogP contribution in [0.5, 0.6) is 0 Å². The third kappa shape index (κ3) is 2.75. The maximum Gasteiger partial charge on any atom is 0.257 e. The quantitative estimate of drug-likeness (QED) is 0.824. The van der Waals surface area contributed by atoms with Crippen LogP contribution in [0.1, 0.15) is 21.5 Å². The van der Waals surface area contributed by atoms with Crippen molar-refractivity contribution in [3.05, 3.63) is 57.9 Å². The number of aryl methyl sites for hydroxylation is 2. The lowest BCUT2D eigenvalue weighted by Gasteiger charge is -2.12. The number of benzene rings is 2. The Hall–Kier alpha value is -2.07. The summed E-state index contributed by atoms with van der Waals surface area (Å²) in [6, 6.07) is 7.67. The highest BCUT2D eigenvalue weighted by Crippen LogP contribution is 2.25. The highest BCUT2D eigenvalue weighted by molar-refractivity contribution is 6.34. The lowest BCUT2D eigenvalue weighted by Crippen LogP contribution is -2.14. The second-order valence-electron chi connectivity index (χ2n) is 4.58. The van der Waals surface area contributed by atoms with Crippen LogP contribution in [0.4, 0.5) is 15.8 Å². The zero-order valence-electron chi connectivity index (χ0n) is 11.1. The Morgan fingerprint density at radius 3 is 2.65 bits per heavy atom. The van der Waals surface area contributed by atoms with Gasteiger partial charge in [0.15, 0.2) is 0 Å². The van der Waals surface area contributed by atoms with Crippen molar-refractivity contribution in [2.24, 2.45) is 0 Å². The van der Waals surface area contributed by atoms with E-state index in [-0.39, 0.29) is 10.6 Å². The van der Waals surface area contributed by atoms with E-state index in [4.69, 9.17) is 17.3 Å². The molecule has 3 N–H and O–H groups in total. The molecular weight excluding hydrogens is 279 g/mol. The van der Waals surface area contributed by atoms with E-state index in [1.807, 2.05) is 13.8 Å². The molecule has 20 heavy (non-hydrogen) atoms. The van der Waals surface area contributed by atoms with Crippen molar-refractivity contribution in [1.82, 2.24) is 0 Å². The van der Waals surface area contributed by atoms with Gasteiger partial charge in [0.25, 0.3) is 5.91 Å². The van der Waals surface area contributed by atoms with Gasteiger partial charge in [-0.1, -0.05) is 17.7 Å². The molecule has 0 fully saturated rings. The highest BCUT2D eigenvalue weighted by atomic mass is 35.5. The molecule has 0 spiro atoms. The van der Waals surface area contributed by atoms with E-state index in [1.54, 1.807) is 12.1 Å². The number of carbonyl (C=O) groups is 1. The Labute approximate surface area is 121 Å². The zero-order valence-corrected chi connectivity index (χ0v) is 11.9. The van der Waals surface area contributed by atoms with Gasteiger partial charge in [0.2, 0.25) is 0 Å². The summed E-state index contributed by atoms with van der Waals surface area (Å²) in [5, 5.41) is 2.53. The third-order valence-electron chi connectivity index (χ3n) is 3.06. The van der Waals surface area contributed by atoms with Crippen molar-refractivity contribution in [3.8, 4) is 0 Å². The van der Waals surface area contributed by atoms with Gasteiger partial charge in [0.1, 0.15) is 5.82 Å². The number of anilines is 2. The zero-order chi connectivity index (χ0) is 14.9. The number of amides is 1.